The van der Waals surface area contributed by atoms with Crippen LogP contribution in [0.1, 0.15) is 39.5 Å². The van der Waals surface area contributed by atoms with E-state index in [1.165, 1.54) is 0 Å². The van der Waals surface area contributed by atoms with Gasteiger partial charge in [0.15, 0.2) is 10.6 Å². The van der Waals surface area contributed by atoms with Gasteiger partial charge >= 0.3 is 11.9 Å². The van der Waals surface area contributed by atoms with Crippen LogP contribution in [0.4, 0.5) is 0 Å². The minimum absolute atomic E-state index is 0.0248. The van der Waals surface area contributed by atoms with Crippen molar-refractivity contribution in [2.75, 3.05) is 12.4 Å². The number of amidine groups is 1. The average Bonchev–Trinajstić information content (AvgIpc) is 2.72. The summed E-state index contributed by atoms with van der Waals surface area (Å²) in [5.41, 5.74) is 4.10. The first-order valence-corrected chi connectivity index (χ1v) is 7.80. The maximum Gasteiger partial charge on any atom is 0.323 e. The Morgan fingerprint density at radius 3 is 2.85 bits per heavy atom. The summed E-state index contributed by atoms with van der Waals surface area (Å²) in [7, 11) is 0. The Morgan fingerprint density at radius 2 is 2.30 bits per heavy atom. The Balaban J connectivity index is 2.79. The fraction of sp³-hybridized carbons (Fsp3) is 0.769. The van der Waals surface area contributed by atoms with Gasteiger partial charge in [-0.2, -0.15) is 0 Å². The third-order valence-corrected chi connectivity index (χ3v) is 4.14. The second-order valence-electron chi connectivity index (χ2n) is 4.81. The van der Waals surface area contributed by atoms with Gasteiger partial charge in [0.1, 0.15) is 6.10 Å². The van der Waals surface area contributed by atoms with Crippen molar-refractivity contribution < 1.29 is 19.1 Å². The first-order chi connectivity index (χ1) is 9.46. The zero-order valence-corrected chi connectivity index (χ0v) is 12.8. The molecule has 0 saturated carbocycles. The fourth-order valence-corrected chi connectivity index (χ4v) is 2.83. The van der Waals surface area contributed by atoms with E-state index in [4.69, 9.17) is 20.6 Å². The second-order valence-corrected chi connectivity index (χ2v) is 5.87. The second kappa shape index (κ2) is 7.52. The number of esters is 2. The van der Waals surface area contributed by atoms with Crippen LogP contribution >= 0.6 is 11.8 Å². The van der Waals surface area contributed by atoms with E-state index >= 15 is 0 Å². The zero-order chi connectivity index (χ0) is 15.2. The van der Waals surface area contributed by atoms with Crippen molar-refractivity contribution in [2.45, 2.75) is 45.6 Å². The predicted octanol–water partition coefficient (Wildman–Crippen LogP) is 1.67. The van der Waals surface area contributed by atoms with Crippen molar-refractivity contribution in [3.8, 4) is 0 Å². The number of ether oxygens (including phenoxy) is 2. The van der Waals surface area contributed by atoms with E-state index in [1.807, 2.05) is 6.92 Å². The molecule has 1 aliphatic rings. The molecule has 2 atom stereocenters. The number of carbonyl (C=O) groups excluding carboxylic acids is 2. The summed E-state index contributed by atoms with van der Waals surface area (Å²) in [6.45, 7) is 3.96. The van der Waals surface area contributed by atoms with Crippen molar-refractivity contribution in [2.24, 2.45) is 11.1 Å². The molecule has 1 rings (SSSR count). The van der Waals surface area contributed by atoms with E-state index in [9.17, 15) is 9.59 Å². The summed E-state index contributed by atoms with van der Waals surface area (Å²) in [5.74, 6) is -0.596. The number of unbranched alkanes of at least 4 members (excludes halogenated alkanes) is 1. The monoisotopic (exact) mass is 302 g/mol. The molecule has 1 heterocycles. The molecule has 7 heteroatoms. The minimum atomic E-state index is -1.17. The zero-order valence-electron chi connectivity index (χ0n) is 11.9. The predicted molar refractivity (Wildman–Crippen MR) is 77.5 cm³/mol. The molecular formula is C13H22N2O4S. The number of rotatable bonds is 7. The fourth-order valence-electron chi connectivity index (χ4n) is 2.27. The molecule has 6 nitrogen and oxygen atoms in total. The number of hydrogen-bond acceptors (Lipinski definition) is 6. The van der Waals surface area contributed by atoms with Crippen LogP contribution in [-0.4, -0.2) is 35.6 Å². The van der Waals surface area contributed by atoms with Crippen LogP contribution < -0.4 is 5.73 Å². The van der Waals surface area contributed by atoms with Crippen molar-refractivity contribution in [1.82, 2.24) is 0 Å². The first-order valence-electron chi connectivity index (χ1n) is 6.81. The van der Waals surface area contributed by atoms with Gasteiger partial charge in [-0.25, -0.2) is 0 Å². The van der Waals surface area contributed by atoms with Crippen LogP contribution in [0.25, 0.3) is 0 Å². The number of cyclic esters (lactones) is 1. The van der Waals surface area contributed by atoms with Gasteiger partial charge in [-0.3, -0.25) is 15.0 Å². The summed E-state index contributed by atoms with van der Waals surface area (Å²) in [4.78, 5) is 24.3. The van der Waals surface area contributed by atoms with Gasteiger partial charge in [-0.05, 0) is 13.3 Å². The Bertz CT molecular complexity index is 389. The van der Waals surface area contributed by atoms with Crippen LogP contribution in [-0.2, 0) is 19.1 Å². The highest BCUT2D eigenvalue weighted by atomic mass is 32.2. The molecule has 0 aromatic carbocycles. The number of nitrogens with one attached hydrogen (secondary N) is 1. The van der Waals surface area contributed by atoms with E-state index in [1.54, 1.807) is 6.92 Å². The molecule has 0 spiro atoms. The van der Waals surface area contributed by atoms with Gasteiger partial charge < -0.3 is 15.2 Å². The van der Waals surface area contributed by atoms with Crippen molar-refractivity contribution in [3.05, 3.63) is 0 Å². The van der Waals surface area contributed by atoms with Gasteiger partial charge in [0, 0.05) is 12.2 Å². The molecule has 114 valence electrons. The summed E-state index contributed by atoms with van der Waals surface area (Å²) < 4.78 is 10.3. The molecule has 1 fully saturated rings. The molecule has 20 heavy (non-hydrogen) atoms. The van der Waals surface area contributed by atoms with Crippen LogP contribution in [0.3, 0.4) is 0 Å². The number of nitrogens with two attached hydrogens (primary N) is 1. The lowest BCUT2D eigenvalue weighted by Crippen LogP contribution is -2.37. The first kappa shape index (κ1) is 16.8. The SMILES string of the molecule is CCCC[C@@]1(C(=O)OCC)C[C@@H](CSC(=N)N)OC1=O. The third kappa shape index (κ3) is 3.88. The summed E-state index contributed by atoms with van der Waals surface area (Å²) >= 11 is 1.11. The molecule has 0 bridgehead atoms. The van der Waals surface area contributed by atoms with Crippen molar-refractivity contribution in [1.29, 1.82) is 5.41 Å². The molecule has 0 aromatic heterocycles. The van der Waals surface area contributed by atoms with Crippen LogP contribution in [0.15, 0.2) is 0 Å². The smallest absolute Gasteiger partial charge is 0.323 e. The van der Waals surface area contributed by atoms with Gasteiger partial charge in [-0.1, -0.05) is 31.5 Å². The Kier molecular flexibility index (Phi) is 6.32. The van der Waals surface area contributed by atoms with E-state index in [0.29, 0.717) is 18.6 Å². The molecule has 1 aliphatic heterocycles. The standard InChI is InChI=1S/C13H22N2O4S/c1-3-5-6-13(10(16)18-4-2)7-9(19-11(13)17)8-20-12(14)15/h9H,3-8H2,1-2H3,(H3,14,15)/t9-,13-/m0/s1. The maximum atomic E-state index is 12.2. The quantitative estimate of drug-likeness (QED) is 0.321. The van der Waals surface area contributed by atoms with Crippen molar-refractivity contribution >= 4 is 28.9 Å². The number of thioether (sulfide) groups is 1. The Morgan fingerprint density at radius 1 is 1.60 bits per heavy atom. The highest BCUT2D eigenvalue weighted by molar-refractivity contribution is 8.13. The van der Waals surface area contributed by atoms with E-state index in [-0.39, 0.29) is 11.8 Å². The Labute approximate surface area is 123 Å². The van der Waals surface area contributed by atoms with Crippen molar-refractivity contribution in [3.63, 3.8) is 0 Å². The largest absolute Gasteiger partial charge is 0.465 e. The Hall–Kier alpha value is -1.24. The van der Waals surface area contributed by atoms with Crippen LogP contribution in [0, 0.1) is 10.8 Å². The molecule has 3 N–H and O–H groups in total. The number of carbonyl (C=O) groups is 2. The molecule has 1 saturated heterocycles. The highest BCUT2D eigenvalue weighted by Gasteiger charge is 2.55. The average molecular weight is 302 g/mol. The maximum absolute atomic E-state index is 12.2. The molecular weight excluding hydrogens is 280 g/mol. The van der Waals surface area contributed by atoms with E-state index in [2.05, 4.69) is 0 Å². The molecule has 0 radical (unpaired) electrons. The van der Waals surface area contributed by atoms with E-state index in [0.717, 1.165) is 24.6 Å². The lowest BCUT2D eigenvalue weighted by atomic mass is 9.80. The topological polar surface area (TPSA) is 102 Å². The molecule has 0 amide bonds. The molecule has 0 aromatic rings. The van der Waals surface area contributed by atoms with Gasteiger partial charge in [0.2, 0.25) is 0 Å². The normalized spacial score (nSPS) is 25.3. The summed E-state index contributed by atoms with van der Waals surface area (Å²) in [5, 5.41) is 7.15. The summed E-state index contributed by atoms with van der Waals surface area (Å²) in [6, 6.07) is 0. The van der Waals surface area contributed by atoms with E-state index < -0.39 is 23.5 Å². The van der Waals surface area contributed by atoms with Gasteiger partial charge in [0.05, 0.1) is 6.61 Å². The van der Waals surface area contributed by atoms with Crippen LogP contribution in [0.2, 0.25) is 0 Å². The molecule has 0 aliphatic carbocycles. The lowest BCUT2D eigenvalue weighted by Gasteiger charge is -2.22. The van der Waals surface area contributed by atoms with Crippen LogP contribution in [0.5, 0.6) is 0 Å². The third-order valence-electron chi connectivity index (χ3n) is 3.29. The molecule has 0 unspecified atom stereocenters. The minimum Gasteiger partial charge on any atom is -0.465 e. The lowest BCUT2D eigenvalue weighted by molar-refractivity contribution is -0.165. The number of hydrogen-bond donors (Lipinski definition) is 2. The summed E-state index contributed by atoms with van der Waals surface area (Å²) in [6.07, 6.45) is 2.02. The van der Waals surface area contributed by atoms with Gasteiger partial charge in [0.25, 0.3) is 0 Å². The van der Waals surface area contributed by atoms with Gasteiger partial charge in [-0.15, -0.1) is 0 Å². The highest BCUT2D eigenvalue weighted by Crippen LogP contribution is 2.41.